The molecule has 3 aromatic rings. The molecule has 0 aromatic heterocycles. The number of rotatable bonds is 9. The van der Waals surface area contributed by atoms with Gasteiger partial charge in [-0.3, -0.25) is 0 Å². The van der Waals surface area contributed by atoms with Crippen LogP contribution in [0.4, 0.5) is 13.2 Å². The molecule has 0 atom stereocenters. The van der Waals surface area contributed by atoms with E-state index in [9.17, 15) is 13.2 Å². The molecular weight excluding hydrogens is 389 g/mol. The lowest BCUT2D eigenvalue weighted by molar-refractivity contribution is 0.291. The van der Waals surface area contributed by atoms with E-state index in [1.54, 1.807) is 49.4 Å². The Labute approximate surface area is 174 Å². The highest BCUT2D eigenvalue weighted by Gasteiger charge is 2.16. The first kappa shape index (κ1) is 21.5. The van der Waals surface area contributed by atoms with E-state index < -0.39 is 11.6 Å². The molecular formula is C25H23F3O2. The van der Waals surface area contributed by atoms with Crippen molar-refractivity contribution in [1.82, 2.24) is 0 Å². The van der Waals surface area contributed by atoms with Crippen molar-refractivity contribution >= 4 is 0 Å². The molecule has 0 N–H and O–H groups in total. The summed E-state index contributed by atoms with van der Waals surface area (Å²) in [4.78, 5) is 0. The molecule has 2 nitrogen and oxygen atoms in total. The summed E-state index contributed by atoms with van der Waals surface area (Å²) in [6.45, 7) is 5.80. The lowest BCUT2D eigenvalue weighted by atomic mass is 10.0. The molecule has 5 heteroatoms. The summed E-state index contributed by atoms with van der Waals surface area (Å²) < 4.78 is 53.4. The Morgan fingerprint density at radius 1 is 0.900 bits per heavy atom. The third kappa shape index (κ3) is 5.23. The zero-order valence-corrected chi connectivity index (χ0v) is 16.8. The van der Waals surface area contributed by atoms with Gasteiger partial charge in [0.25, 0.3) is 0 Å². The van der Waals surface area contributed by atoms with Gasteiger partial charge in [0.15, 0.2) is 11.6 Å². The van der Waals surface area contributed by atoms with Crippen molar-refractivity contribution in [2.75, 3.05) is 6.61 Å². The molecule has 0 aliphatic carbocycles. The number of unbranched alkanes of at least 4 members (excludes halogenated alkanes) is 1. The van der Waals surface area contributed by atoms with Gasteiger partial charge >= 0.3 is 0 Å². The minimum Gasteiger partial charge on any atom is -0.490 e. The van der Waals surface area contributed by atoms with Crippen LogP contribution in [-0.4, -0.2) is 6.61 Å². The molecule has 0 saturated heterocycles. The summed E-state index contributed by atoms with van der Waals surface area (Å²) >= 11 is 0. The molecule has 0 saturated carbocycles. The average Bonchev–Trinajstić information content (AvgIpc) is 2.75. The molecule has 0 spiro atoms. The van der Waals surface area contributed by atoms with Crippen LogP contribution in [0.15, 0.2) is 67.3 Å². The first-order chi connectivity index (χ1) is 14.5. The number of allylic oxidation sites excluding steroid dienone is 1. The van der Waals surface area contributed by atoms with Crippen LogP contribution in [0.2, 0.25) is 0 Å². The monoisotopic (exact) mass is 412 g/mol. The van der Waals surface area contributed by atoms with Crippen LogP contribution < -0.4 is 9.47 Å². The fourth-order valence-corrected chi connectivity index (χ4v) is 2.90. The standard InChI is InChI=1S/C25H23F3O2/c1-3-4-5-14-29-23-13-12-21(24(27)25(23)28)19-8-10-20(11-9-19)30-16-18-7-6-17(2)22(26)15-18/h3,6-13,15H,1,4-5,14,16H2,2H3. The molecule has 0 amide bonds. The summed E-state index contributed by atoms with van der Waals surface area (Å²) in [5, 5.41) is 0. The van der Waals surface area contributed by atoms with E-state index in [4.69, 9.17) is 9.47 Å². The maximum Gasteiger partial charge on any atom is 0.201 e. The van der Waals surface area contributed by atoms with Gasteiger partial charge in [0.1, 0.15) is 18.2 Å². The topological polar surface area (TPSA) is 18.5 Å². The predicted molar refractivity (Wildman–Crippen MR) is 112 cm³/mol. The molecule has 156 valence electrons. The summed E-state index contributed by atoms with van der Waals surface area (Å²) in [5.41, 5.74) is 1.93. The SMILES string of the molecule is C=CCCCOc1ccc(-c2ccc(OCc3ccc(C)c(F)c3)cc2)c(F)c1F. The maximum atomic E-state index is 14.5. The fraction of sp³-hybridized carbons (Fsp3) is 0.200. The molecule has 3 aromatic carbocycles. The largest absolute Gasteiger partial charge is 0.490 e. The van der Waals surface area contributed by atoms with Crippen molar-refractivity contribution in [2.24, 2.45) is 0 Å². The van der Waals surface area contributed by atoms with Crippen LogP contribution in [-0.2, 0) is 6.61 Å². The van der Waals surface area contributed by atoms with Crippen LogP contribution in [0.1, 0.15) is 24.0 Å². The highest BCUT2D eigenvalue weighted by atomic mass is 19.2. The number of aryl methyl sites for hydroxylation is 1. The second-order valence-electron chi connectivity index (χ2n) is 6.92. The zero-order valence-electron chi connectivity index (χ0n) is 16.8. The van der Waals surface area contributed by atoms with Crippen molar-refractivity contribution in [1.29, 1.82) is 0 Å². The normalized spacial score (nSPS) is 10.7. The second kappa shape index (κ2) is 10.0. The Bertz CT molecular complexity index is 1010. The minimum absolute atomic E-state index is 0.106. The van der Waals surface area contributed by atoms with Gasteiger partial charge in [-0.25, -0.2) is 8.78 Å². The highest BCUT2D eigenvalue weighted by Crippen LogP contribution is 2.31. The quantitative estimate of drug-likeness (QED) is 0.278. The second-order valence-corrected chi connectivity index (χ2v) is 6.92. The first-order valence-corrected chi connectivity index (χ1v) is 9.69. The number of ether oxygens (including phenoxy) is 2. The number of benzene rings is 3. The third-order valence-electron chi connectivity index (χ3n) is 4.66. The van der Waals surface area contributed by atoms with Crippen molar-refractivity contribution < 1.29 is 22.6 Å². The molecule has 0 fully saturated rings. The van der Waals surface area contributed by atoms with Crippen LogP contribution >= 0.6 is 0 Å². The van der Waals surface area contributed by atoms with E-state index >= 15 is 0 Å². The lowest BCUT2D eigenvalue weighted by Gasteiger charge is -2.11. The Morgan fingerprint density at radius 3 is 2.37 bits per heavy atom. The van der Waals surface area contributed by atoms with Crippen LogP contribution in [0.5, 0.6) is 11.5 Å². The Hall–Kier alpha value is -3.21. The average molecular weight is 412 g/mol. The van der Waals surface area contributed by atoms with Gasteiger partial charge in [0, 0.05) is 5.56 Å². The summed E-state index contributed by atoms with van der Waals surface area (Å²) in [6, 6.07) is 14.5. The molecule has 0 unspecified atom stereocenters. The zero-order chi connectivity index (χ0) is 21.5. The molecule has 0 aliphatic heterocycles. The van der Waals surface area contributed by atoms with E-state index in [0.29, 0.717) is 35.5 Å². The molecule has 0 radical (unpaired) electrons. The van der Waals surface area contributed by atoms with Crippen LogP contribution in [0, 0.1) is 24.4 Å². The van der Waals surface area contributed by atoms with E-state index in [1.807, 2.05) is 0 Å². The molecule has 0 bridgehead atoms. The Morgan fingerprint density at radius 2 is 1.67 bits per heavy atom. The number of hydrogen-bond acceptors (Lipinski definition) is 2. The predicted octanol–water partition coefficient (Wildman–Crippen LogP) is 7.00. The van der Waals surface area contributed by atoms with Crippen LogP contribution in [0.3, 0.4) is 0 Å². The van der Waals surface area contributed by atoms with Gasteiger partial charge in [0.2, 0.25) is 5.82 Å². The molecule has 0 aliphatic rings. The fourth-order valence-electron chi connectivity index (χ4n) is 2.90. The van der Waals surface area contributed by atoms with Gasteiger partial charge in [0.05, 0.1) is 6.61 Å². The molecule has 0 heterocycles. The Balaban J connectivity index is 1.67. The maximum absolute atomic E-state index is 14.5. The van der Waals surface area contributed by atoms with Gasteiger partial charge < -0.3 is 9.47 Å². The van der Waals surface area contributed by atoms with Crippen molar-refractivity contribution in [3.05, 3.63) is 95.8 Å². The first-order valence-electron chi connectivity index (χ1n) is 9.69. The molecule has 3 rings (SSSR count). The van der Waals surface area contributed by atoms with Crippen molar-refractivity contribution in [3.8, 4) is 22.6 Å². The minimum atomic E-state index is -1.01. The number of halogens is 3. The third-order valence-corrected chi connectivity index (χ3v) is 4.66. The van der Waals surface area contributed by atoms with E-state index in [-0.39, 0.29) is 23.7 Å². The smallest absolute Gasteiger partial charge is 0.201 e. The van der Waals surface area contributed by atoms with Gasteiger partial charge in [-0.2, -0.15) is 4.39 Å². The van der Waals surface area contributed by atoms with Gasteiger partial charge in [-0.1, -0.05) is 30.3 Å². The van der Waals surface area contributed by atoms with E-state index in [2.05, 4.69) is 6.58 Å². The summed E-state index contributed by atoms with van der Waals surface area (Å²) in [5.74, 6) is -1.81. The van der Waals surface area contributed by atoms with Crippen LogP contribution in [0.25, 0.3) is 11.1 Å². The summed E-state index contributed by atoms with van der Waals surface area (Å²) in [6.07, 6.45) is 3.17. The number of hydrogen-bond donors (Lipinski definition) is 0. The van der Waals surface area contributed by atoms with Gasteiger partial charge in [-0.15, -0.1) is 6.58 Å². The Kier molecular flexibility index (Phi) is 7.17. The van der Waals surface area contributed by atoms with Crippen molar-refractivity contribution in [3.63, 3.8) is 0 Å². The molecule has 30 heavy (non-hydrogen) atoms. The van der Waals surface area contributed by atoms with Gasteiger partial charge in [-0.05, 0) is 66.8 Å². The van der Waals surface area contributed by atoms with E-state index in [0.717, 1.165) is 6.42 Å². The lowest BCUT2D eigenvalue weighted by Crippen LogP contribution is -2.01. The highest BCUT2D eigenvalue weighted by molar-refractivity contribution is 5.66. The van der Waals surface area contributed by atoms with Crippen molar-refractivity contribution in [2.45, 2.75) is 26.4 Å². The summed E-state index contributed by atoms with van der Waals surface area (Å²) in [7, 11) is 0. The van der Waals surface area contributed by atoms with E-state index in [1.165, 1.54) is 18.2 Å².